The lowest BCUT2D eigenvalue weighted by Gasteiger charge is -2.16. The SMILES string of the molecule is CCNC(C)c1cccn1Cc1cc(C)nn1C. The van der Waals surface area contributed by atoms with E-state index >= 15 is 0 Å². The van der Waals surface area contributed by atoms with Crippen molar-refractivity contribution in [2.24, 2.45) is 7.05 Å². The van der Waals surface area contributed by atoms with Gasteiger partial charge < -0.3 is 9.88 Å². The zero-order chi connectivity index (χ0) is 13.1. The van der Waals surface area contributed by atoms with Crippen LogP contribution < -0.4 is 5.32 Å². The molecular weight excluding hydrogens is 224 g/mol. The smallest absolute Gasteiger partial charge is 0.0642 e. The molecule has 4 nitrogen and oxygen atoms in total. The molecule has 98 valence electrons. The first-order valence-corrected chi connectivity index (χ1v) is 6.49. The van der Waals surface area contributed by atoms with Gasteiger partial charge in [-0.25, -0.2) is 0 Å². The molecule has 0 aromatic carbocycles. The second-order valence-corrected chi connectivity index (χ2v) is 4.74. The Bertz CT molecular complexity index is 510. The van der Waals surface area contributed by atoms with E-state index < -0.39 is 0 Å². The van der Waals surface area contributed by atoms with Crippen LogP contribution in [0.3, 0.4) is 0 Å². The average Bonchev–Trinajstić information content (AvgIpc) is 2.87. The number of rotatable bonds is 5. The topological polar surface area (TPSA) is 34.8 Å². The van der Waals surface area contributed by atoms with Crippen LogP contribution in [0.2, 0.25) is 0 Å². The minimum Gasteiger partial charge on any atom is -0.344 e. The summed E-state index contributed by atoms with van der Waals surface area (Å²) in [6, 6.07) is 6.80. The minimum atomic E-state index is 0.374. The van der Waals surface area contributed by atoms with Crippen molar-refractivity contribution in [3.63, 3.8) is 0 Å². The normalized spacial score (nSPS) is 12.9. The first-order chi connectivity index (χ1) is 8.61. The standard InChI is InChI=1S/C14H22N4/c1-5-15-12(3)14-7-6-8-18(14)10-13-9-11(2)16-17(13)4/h6-9,12,15H,5,10H2,1-4H3. The lowest BCUT2D eigenvalue weighted by molar-refractivity contribution is 0.545. The lowest BCUT2D eigenvalue weighted by Crippen LogP contribution is -2.21. The van der Waals surface area contributed by atoms with Gasteiger partial charge in [-0.2, -0.15) is 5.10 Å². The molecule has 0 aliphatic carbocycles. The second kappa shape index (κ2) is 5.40. The van der Waals surface area contributed by atoms with Crippen LogP contribution in [0.15, 0.2) is 24.4 Å². The molecule has 1 atom stereocenters. The molecule has 0 saturated carbocycles. The van der Waals surface area contributed by atoms with Gasteiger partial charge >= 0.3 is 0 Å². The molecule has 2 aromatic rings. The predicted molar refractivity (Wildman–Crippen MR) is 73.6 cm³/mol. The van der Waals surface area contributed by atoms with Gasteiger partial charge in [0.05, 0.1) is 17.9 Å². The van der Waals surface area contributed by atoms with Gasteiger partial charge in [-0.3, -0.25) is 4.68 Å². The van der Waals surface area contributed by atoms with Crippen LogP contribution in [0.4, 0.5) is 0 Å². The molecule has 2 heterocycles. The molecule has 1 unspecified atom stereocenters. The molecule has 1 N–H and O–H groups in total. The molecule has 2 rings (SSSR count). The summed E-state index contributed by atoms with van der Waals surface area (Å²) in [4.78, 5) is 0. The van der Waals surface area contributed by atoms with Crippen molar-refractivity contribution in [2.75, 3.05) is 6.54 Å². The van der Waals surface area contributed by atoms with Crippen molar-refractivity contribution in [1.29, 1.82) is 0 Å². The summed E-state index contributed by atoms with van der Waals surface area (Å²) in [5, 5.41) is 7.84. The lowest BCUT2D eigenvalue weighted by atomic mass is 10.2. The molecule has 0 bridgehead atoms. The Morgan fingerprint density at radius 2 is 2.22 bits per heavy atom. The highest BCUT2D eigenvalue weighted by atomic mass is 15.3. The maximum absolute atomic E-state index is 4.39. The van der Waals surface area contributed by atoms with E-state index in [-0.39, 0.29) is 0 Å². The van der Waals surface area contributed by atoms with E-state index in [1.807, 2.05) is 18.7 Å². The largest absolute Gasteiger partial charge is 0.344 e. The number of aryl methyl sites for hydroxylation is 2. The molecule has 4 heteroatoms. The Kier molecular flexibility index (Phi) is 3.87. The Morgan fingerprint density at radius 3 is 2.83 bits per heavy atom. The van der Waals surface area contributed by atoms with Crippen LogP contribution in [0.5, 0.6) is 0 Å². The van der Waals surface area contributed by atoms with Gasteiger partial charge in [0.15, 0.2) is 0 Å². The quantitative estimate of drug-likeness (QED) is 0.878. The van der Waals surface area contributed by atoms with Gasteiger partial charge in [0, 0.05) is 25.0 Å². The highest BCUT2D eigenvalue weighted by Gasteiger charge is 2.10. The van der Waals surface area contributed by atoms with Crippen molar-refractivity contribution in [1.82, 2.24) is 19.7 Å². The van der Waals surface area contributed by atoms with Crippen molar-refractivity contribution < 1.29 is 0 Å². The minimum absolute atomic E-state index is 0.374. The van der Waals surface area contributed by atoms with Crippen LogP contribution >= 0.6 is 0 Å². The Morgan fingerprint density at radius 1 is 1.44 bits per heavy atom. The summed E-state index contributed by atoms with van der Waals surface area (Å²) in [6.45, 7) is 8.21. The second-order valence-electron chi connectivity index (χ2n) is 4.74. The van der Waals surface area contributed by atoms with E-state index in [9.17, 15) is 0 Å². The van der Waals surface area contributed by atoms with E-state index in [1.54, 1.807) is 0 Å². The number of aromatic nitrogens is 3. The molecular formula is C14H22N4. The summed E-state index contributed by atoms with van der Waals surface area (Å²) in [5.41, 5.74) is 3.62. The number of hydrogen-bond donors (Lipinski definition) is 1. The van der Waals surface area contributed by atoms with Crippen LogP contribution in [0, 0.1) is 6.92 Å². The molecule has 0 spiro atoms. The molecule has 2 aromatic heterocycles. The Labute approximate surface area is 109 Å². The summed E-state index contributed by atoms with van der Waals surface area (Å²) in [7, 11) is 2.00. The van der Waals surface area contributed by atoms with Crippen LogP contribution in [-0.2, 0) is 13.6 Å². The summed E-state index contributed by atoms with van der Waals surface area (Å²) in [5.74, 6) is 0. The molecule has 18 heavy (non-hydrogen) atoms. The van der Waals surface area contributed by atoms with E-state index in [0.29, 0.717) is 6.04 Å². The van der Waals surface area contributed by atoms with Gasteiger partial charge in [0.2, 0.25) is 0 Å². The maximum Gasteiger partial charge on any atom is 0.0642 e. The molecule has 0 aliphatic heterocycles. The summed E-state index contributed by atoms with van der Waals surface area (Å²) < 4.78 is 4.24. The fourth-order valence-electron chi connectivity index (χ4n) is 2.36. The highest BCUT2D eigenvalue weighted by Crippen LogP contribution is 2.15. The van der Waals surface area contributed by atoms with Crippen LogP contribution in [0.25, 0.3) is 0 Å². The van der Waals surface area contributed by atoms with Crippen molar-refractivity contribution in [2.45, 2.75) is 33.4 Å². The predicted octanol–water partition coefficient (Wildman–Crippen LogP) is 2.25. The molecule has 0 fully saturated rings. The first-order valence-electron chi connectivity index (χ1n) is 6.49. The number of nitrogens with one attached hydrogen (secondary N) is 1. The van der Waals surface area contributed by atoms with E-state index in [0.717, 1.165) is 18.8 Å². The van der Waals surface area contributed by atoms with Gasteiger partial charge in [0.25, 0.3) is 0 Å². The number of nitrogens with zero attached hydrogens (tertiary/aromatic N) is 3. The Balaban J connectivity index is 2.19. The first kappa shape index (κ1) is 12.9. The third kappa shape index (κ3) is 2.64. The monoisotopic (exact) mass is 246 g/mol. The third-order valence-corrected chi connectivity index (χ3v) is 3.25. The molecule has 0 radical (unpaired) electrons. The fourth-order valence-corrected chi connectivity index (χ4v) is 2.36. The summed E-state index contributed by atoms with van der Waals surface area (Å²) >= 11 is 0. The van der Waals surface area contributed by atoms with Crippen molar-refractivity contribution in [3.05, 3.63) is 41.5 Å². The molecule has 0 aliphatic rings. The fraction of sp³-hybridized carbons (Fsp3) is 0.500. The zero-order valence-corrected chi connectivity index (χ0v) is 11.6. The van der Waals surface area contributed by atoms with Gasteiger partial charge in [0.1, 0.15) is 0 Å². The average molecular weight is 246 g/mol. The third-order valence-electron chi connectivity index (χ3n) is 3.25. The van der Waals surface area contributed by atoms with Crippen LogP contribution in [-0.4, -0.2) is 20.9 Å². The zero-order valence-electron chi connectivity index (χ0n) is 11.6. The van der Waals surface area contributed by atoms with Gasteiger partial charge in [-0.1, -0.05) is 6.92 Å². The molecule has 0 amide bonds. The van der Waals surface area contributed by atoms with E-state index in [4.69, 9.17) is 0 Å². The van der Waals surface area contributed by atoms with Gasteiger partial charge in [-0.15, -0.1) is 0 Å². The van der Waals surface area contributed by atoms with Crippen molar-refractivity contribution in [3.8, 4) is 0 Å². The van der Waals surface area contributed by atoms with Gasteiger partial charge in [-0.05, 0) is 38.6 Å². The van der Waals surface area contributed by atoms with E-state index in [2.05, 4.69) is 53.2 Å². The van der Waals surface area contributed by atoms with E-state index in [1.165, 1.54) is 11.4 Å². The van der Waals surface area contributed by atoms with Crippen LogP contribution in [0.1, 0.15) is 37.0 Å². The maximum atomic E-state index is 4.39. The van der Waals surface area contributed by atoms with Crippen molar-refractivity contribution >= 4 is 0 Å². The Hall–Kier alpha value is -1.55. The molecule has 0 saturated heterocycles. The highest BCUT2D eigenvalue weighted by molar-refractivity contribution is 5.15. The number of hydrogen-bond acceptors (Lipinski definition) is 2. The summed E-state index contributed by atoms with van der Waals surface area (Å²) in [6.07, 6.45) is 2.13.